The second-order valence-corrected chi connectivity index (χ2v) is 5.05. The molecule has 24 heavy (non-hydrogen) atoms. The number of carbonyl (C=O) groups excluding carboxylic acids is 2. The average Bonchev–Trinajstić information content (AvgIpc) is 2.57. The van der Waals surface area contributed by atoms with Gasteiger partial charge in [-0.15, -0.1) is 0 Å². The molecule has 1 rings (SSSR count). The number of hydrogen-bond donors (Lipinski definition) is 2. The molecule has 0 radical (unpaired) electrons. The fourth-order valence-electron chi connectivity index (χ4n) is 1.76. The van der Waals surface area contributed by atoms with E-state index in [1.807, 2.05) is 27.7 Å². The van der Waals surface area contributed by atoms with E-state index in [1.165, 1.54) is 6.21 Å². The van der Waals surface area contributed by atoms with Crippen molar-refractivity contribution < 1.29 is 19.1 Å². The third-order valence-electron chi connectivity index (χ3n) is 3.14. The van der Waals surface area contributed by atoms with Crippen molar-refractivity contribution in [3.05, 3.63) is 23.8 Å². The Morgan fingerprint density at radius 2 is 1.79 bits per heavy atom. The van der Waals surface area contributed by atoms with Crippen molar-refractivity contribution in [1.82, 2.24) is 10.7 Å². The van der Waals surface area contributed by atoms with Gasteiger partial charge in [-0.1, -0.05) is 6.92 Å². The zero-order valence-electron chi connectivity index (χ0n) is 14.6. The molecule has 7 nitrogen and oxygen atoms in total. The molecule has 0 unspecified atom stereocenters. The first-order chi connectivity index (χ1) is 11.5. The molecule has 7 heteroatoms. The number of benzene rings is 1. The van der Waals surface area contributed by atoms with Crippen LogP contribution >= 0.6 is 0 Å². The molecule has 0 aliphatic carbocycles. The quantitative estimate of drug-likeness (QED) is 0.431. The molecule has 2 N–H and O–H groups in total. The summed E-state index contributed by atoms with van der Waals surface area (Å²) < 4.78 is 11.0. The first-order valence-corrected chi connectivity index (χ1v) is 8.05. The van der Waals surface area contributed by atoms with Gasteiger partial charge in [-0.25, -0.2) is 5.43 Å². The summed E-state index contributed by atoms with van der Waals surface area (Å²) in [6.45, 7) is 8.56. The van der Waals surface area contributed by atoms with Gasteiger partial charge in [-0.3, -0.25) is 9.59 Å². The van der Waals surface area contributed by atoms with Crippen LogP contribution in [0.15, 0.2) is 23.3 Å². The molecular formula is C17H25N3O4. The summed E-state index contributed by atoms with van der Waals surface area (Å²) in [4.78, 5) is 23.2. The van der Waals surface area contributed by atoms with Crippen LogP contribution in [-0.2, 0) is 9.59 Å². The smallest absolute Gasteiger partial charge is 0.329 e. The molecule has 0 fully saturated rings. The van der Waals surface area contributed by atoms with Crippen molar-refractivity contribution in [2.45, 2.75) is 40.2 Å². The molecule has 1 atom stereocenters. The molecule has 0 aromatic heterocycles. The van der Waals surface area contributed by atoms with E-state index in [2.05, 4.69) is 15.8 Å². The second-order valence-electron chi connectivity index (χ2n) is 5.05. The van der Waals surface area contributed by atoms with Gasteiger partial charge in [0, 0.05) is 6.04 Å². The Hall–Kier alpha value is -2.57. The molecule has 1 aromatic rings. The van der Waals surface area contributed by atoms with E-state index >= 15 is 0 Å². The Morgan fingerprint density at radius 1 is 1.12 bits per heavy atom. The zero-order valence-corrected chi connectivity index (χ0v) is 14.6. The standard InChI is InChI=1S/C17H25N3O4/c1-5-12(4)19-16(21)17(22)20-18-11-13-8-9-14(23-6-2)15(10-13)24-7-3/h8-12H,5-7H2,1-4H3,(H,19,21)(H,20,22)/b18-11-/t12-/m1/s1. The number of ether oxygens (including phenoxy) is 2. The van der Waals surface area contributed by atoms with E-state index in [9.17, 15) is 9.59 Å². The Morgan fingerprint density at radius 3 is 2.42 bits per heavy atom. The van der Waals surface area contributed by atoms with Gasteiger partial charge >= 0.3 is 11.8 Å². The maximum Gasteiger partial charge on any atom is 0.329 e. The van der Waals surface area contributed by atoms with Crippen LogP contribution in [-0.4, -0.2) is 37.3 Å². The number of carbonyl (C=O) groups is 2. The molecule has 132 valence electrons. The van der Waals surface area contributed by atoms with Crippen LogP contribution in [0, 0.1) is 0 Å². The number of nitrogens with zero attached hydrogens (tertiary/aromatic N) is 1. The molecule has 0 heterocycles. The van der Waals surface area contributed by atoms with Crippen LogP contribution in [0.1, 0.15) is 39.7 Å². The van der Waals surface area contributed by atoms with Crippen molar-refractivity contribution in [2.24, 2.45) is 5.10 Å². The van der Waals surface area contributed by atoms with E-state index in [4.69, 9.17) is 9.47 Å². The molecule has 0 saturated carbocycles. The van der Waals surface area contributed by atoms with E-state index in [1.54, 1.807) is 18.2 Å². The second kappa shape index (κ2) is 10.3. The number of rotatable bonds is 8. The number of amides is 2. The van der Waals surface area contributed by atoms with Gasteiger partial charge < -0.3 is 14.8 Å². The highest BCUT2D eigenvalue weighted by atomic mass is 16.5. The van der Waals surface area contributed by atoms with Crippen molar-refractivity contribution in [2.75, 3.05) is 13.2 Å². The predicted molar refractivity (Wildman–Crippen MR) is 92.4 cm³/mol. The number of hydrazone groups is 1. The molecule has 0 saturated heterocycles. The summed E-state index contributed by atoms with van der Waals surface area (Å²) in [6, 6.07) is 5.24. The maximum absolute atomic E-state index is 11.6. The summed E-state index contributed by atoms with van der Waals surface area (Å²) in [5.74, 6) is -0.261. The van der Waals surface area contributed by atoms with Crippen molar-refractivity contribution in [3.63, 3.8) is 0 Å². The number of nitrogens with one attached hydrogen (secondary N) is 2. The molecule has 0 spiro atoms. The Labute approximate surface area is 142 Å². The molecule has 0 aliphatic heterocycles. The summed E-state index contributed by atoms with van der Waals surface area (Å²) in [5.41, 5.74) is 2.91. The highest BCUT2D eigenvalue weighted by molar-refractivity contribution is 6.35. The minimum atomic E-state index is -0.803. The Bertz CT molecular complexity index is 587. The van der Waals surface area contributed by atoms with Gasteiger partial charge in [-0.2, -0.15) is 5.10 Å². The van der Waals surface area contributed by atoms with Crippen LogP contribution in [0.5, 0.6) is 11.5 Å². The van der Waals surface area contributed by atoms with E-state index in [0.717, 1.165) is 6.42 Å². The maximum atomic E-state index is 11.6. The summed E-state index contributed by atoms with van der Waals surface area (Å²) in [6.07, 6.45) is 2.18. The van der Waals surface area contributed by atoms with Gasteiger partial charge in [0.15, 0.2) is 11.5 Å². The fourth-order valence-corrected chi connectivity index (χ4v) is 1.76. The Balaban J connectivity index is 2.68. The molecular weight excluding hydrogens is 310 g/mol. The van der Waals surface area contributed by atoms with Crippen LogP contribution in [0.4, 0.5) is 0 Å². The van der Waals surface area contributed by atoms with Crippen LogP contribution < -0.4 is 20.2 Å². The fraction of sp³-hybridized carbons (Fsp3) is 0.471. The third-order valence-corrected chi connectivity index (χ3v) is 3.14. The first kappa shape index (κ1) is 19.5. The lowest BCUT2D eigenvalue weighted by molar-refractivity contribution is -0.139. The number of hydrogen-bond acceptors (Lipinski definition) is 5. The lowest BCUT2D eigenvalue weighted by Crippen LogP contribution is -2.41. The summed E-state index contributed by atoms with van der Waals surface area (Å²) in [5, 5.41) is 6.35. The van der Waals surface area contributed by atoms with E-state index in [0.29, 0.717) is 30.3 Å². The predicted octanol–water partition coefficient (Wildman–Crippen LogP) is 1.85. The van der Waals surface area contributed by atoms with Crippen molar-refractivity contribution >= 4 is 18.0 Å². The van der Waals surface area contributed by atoms with Gasteiger partial charge in [0.05, 0.1) is 19.4 Å². The largest absolute Gasteiger partial charge is 0.490 e. The van der Waals surface area contributed by atoms with E-state index < -0.39 is 11.8 Å². The highest BCUT2D eigenvalue weighted by Gasteiger charge is 2.14. The summed E-state index contributed by atoms with van der Waals surface area (Å²) >= 11 is 0. The SMILES string of the molecule is CCOc1ccc(/C=N\NC(=O)C(=O)N[C@H](C)CC)cc1OCC. The normalized spacial score (nSPS) is 11.8. The van der Waals surface area contributed by atoms with Crippen molar-refractivity contribution in [1.29, 1.82) is 0 Å². The molecule has 2 amide bonds. The third kappa shape index (κ3) is 6.28. The van der Waals surface area contributed by atoms with Gasteiger partial charge in [0.25, 0.3) is 0 Å². The minimum absolute atomic E-state index is 0.0629. The molecule has 1 aromatic carbocycles. The highest BCUT2D eigenvalue weighted by Crippen LogP contribution is 2.27. The monoisotopic (exact) mass is 335 g/mol. The van der Waals surface area contributed by atoms with Crippen molar-refractivity contribution in [3.8, 4) is 11.5 Å². The average molecular weight is 335 g/mol. The lowest BCUT2D eigenvalue weighted by Gasteiger charge is -2.11. The minimum Gasteiger partial charge on any atom is -0.490 e. The lowest BCUT2D eigenvalue weighted by atomic mass is 10.2. The van der Waals surface area contributed by atoms with Gasteiger partial charge in [0.1, 0.15) is 0 Å². The molecule has 0 aliphatic rings. The van der Waals surface area contributed by atoms with E-state index in [-0.39, 0.29) is 6.04 Å². The van der Waals surface area contributed by atoms with Crippen LogP contribution in [0.2, 0.25) is 0 Å². The van der Waals surface area contributed by atoms with Gasteiger partial charge in [0.2, 0.25) is 0 Å². The zero-order chi connectivity index (χ0) is 17.9. The van der Waals surface area contributed by atoms with Crippen LogP contribution in [0.3, 0.4) is 0 Å². The Kier molecular flexibility index (Phi) is 8.32. The first-order valence-electron chi connectivity index (χ1n) is 8.05. The molecule has 0 bridgehead atoms. The summed E-state index contributed by atoms with van der Waals surface area (Å²) in [7, 11) is 0. The topological polar surface area (TPSA) is 89.0 Å². The van der Waals surface area contributed by atoms with Crippen LogP contribution in [0.25, 0.3) is 0 Å². The van der Waals surface area contributed by atoms with Gasteiger partial charge in [-0.05, 0) is 51.0 Å².